The van der Waals surface area contributed by atoms with E-state index in [9.17, 15) is 9.18 Å². The lowest BCUT2D eigenvalue weighted by Gasteiger charge is -2.10. The van der Waals surface area contributed by atoms with Crippen LogP contribution >= 0.6 is 11.6 Å². The maximum Gasteiger partial charge on any atom is 0.338 e. The number of hydrogen-bond acceptors (Lipinski definition) is 3. The van der Waals surface area contributed by atoms with Gasteiger partial charge in [0.25, 0.3) is 0 Å². The largest absolute Gasteiger partial charge is 0.496 e. The van der Waals surface area contributed by atoms with Gasteiger partial charge in [0.05, 0.1) is 25.7 Å². The molecule has 0 saturated carbocycles. The van der Waals surface area contributed by atoms with Gasteiger partial charge in [-0.05, 0) is 6.07 Å². The number of carbonyl (C=O) groups is 1. The van der Waals surface area contributed by atoms with Crippen molar-refractivity contribution in [3.8, 4) is 5.75 Å². The molecule has 0 N–H and O–H groups in total. The second-order valence-electron chi connectivity index (χ2n) is 2.76. The van der Waals surface area contributed by atoms with Crippen molar-refractivity contribution < 1.29 is 18.7 Å². The van der Waals surface area contributed by atoms with Crippen molar-refractivity contribution in [2.75, 3.05) is 14.2 Å². The quantitative estimate of drug-likeness (QED) is 0.593. The Morgan fingerprint density at radius 3 is 2.60 bits per heavy atom. The van der Waals surface area contributed by atoms with Gasteiger partial charge in [-0.15, -0.1) is 11.6 Å². The molecule has 0 amide bonds. The molecule has 1 aromatic rings. The molecule has 3 nitrogen and oxygen atoms in total. The predicted molar refractivity (Wildman–Crippen MR) is 53.8 cm³/mol. The average Bonchev–Trinajstić information content (AvgIpc) is 2.26. The summed E-state index contributed by atoms with van der Waals surface area (Å²) in [5, 5.41) is 0. The lowest BCUT2D eigenvalue weighted by molar-refractivity contribution is 0.0598. The molecule has 0 aliphatic carbocycles. The van der Waals surface area contributed by atoms with Crippen LogP contribution in [-0.4, -0.2) is 20.2 Å². The molecule has 1 rings (SSSR count). The van der Waals surface area contributed by atoms with Gasteiger partial charge in [0.2, 0.25) is 0 Å². The number of benzene rings is 1. The molecule has 1 aromatic carbocycles. The third kappa shape index (κ3) is 2.39. The van der Waals surface area contributed by atoms with E-state index in [-0.39, 0.29) is 17.2 Å². The molecule has 0 atom stereocenters. The summed E-state index contributed by atoms with van der Waals surface area (Å²) in [6.45, 7) is 0. The third-order valence-electron chi connectivity index (χ3n) is 1.93. The van der Waals surface area contributed by atoms with Crippen molar-refractivity contribution in [1.82, 2.24) is 0 Å². The van der Waals surface area contributed by atoms with Crippen molar-refractivity contribution in [3.05, 3.63) is 29.1 Å². The summed E-state index contributed by atoms with van der Waals surface area (Å²) in [5.41, 5.74) is 0.511. The van der Waals surface area contributed by atoms with E-state index < -0.39 is 11.8 Å². The predicted octanol–water partition coefficient (Wildman–Crippen LogP) is 2.36. The Kier molecular flexibility index (Phi) is 3.91. The molecule has 0 bridgehead atoms. The molecule has 0 unspecified atom stereocenters. The first kappa shape index (κ1) is 11.8. The molecule has 0 fully saturated rings. The van der Waals surface area contributed by atoms with Crippen LogP contribution in [0.15, 0.2) is 12.1 Å². The number of esters is 1. The lowest BCUT2D eigenvalue weighted by atomic mass is 10.1. The van der Waals surface area contributed by atoms with Gasteiger partial charge in [-0.25, -0.2) is 9.18 Å². The monoisotopic (exact) mass is 232 g/mol. The van der Waals surface area contributed by atoms with Gasteiger partial charge in [-0.3, -0.25) is 0 Å². The maximum absolute atomic E-state index is 13.1. The highest BCUT2D eigenvalue weighted by atomic mass is 35.5. The van der Waals surface area contributed by atoms with E-state index >= 15 is 0 Å². The zero-order valence-electron chi connectivity index (χ0n) is 8.34. The molecule has 82 valence electrons. The summed E-state index contributed by atoms with van der Waals surface area (Å²) in [5.74, 6) is -0.914. The molecular weight excluding hydrogens is 223 g/mol. The summed E-state index contributed by atoms with van der Waals surface area (Å²) >= 11 is 5.66. The minimum atomic E-state index is -0.636. The van der Waals surface area contributed by atoms with Gasteiger partial charge < -0.3 is 9.47 Å². The highest BCUT2D eigenvalue weighted by molar-refractivity contribution is 6.18. The highest BCUT2D eigenvalue weighted by Gasteiger charge is 2.17. The van der Waals surface area contributed by atoms with Gasteiger partial charge in [-0.2, -0.15) is 0 Å². The average molecular weight is 233 g/mol. The Bertz CT molecular complexity index is 379. The van der Waals surface area contributed by atoms with E-state index in [2.05, 4.69) is 4.74 Å². The summed E-state index contributed by atoms with van der Waals surface area (Å²) in [6, 6.07) is 2.25. The Labute approximate surface area is 91.7 Å². The smallest absolute Gasteiger partial charge is 0.338 e. The Balaban J connectivity index is 3.35. The summed E-state index contributed by atoms with van der Waals surface area (Å²) in [6.07, 6.45) is 0. The first-order chi connectivity index (χ1) is 7.13. The van der Waals surface area contributed by atoms with Crippen LogP contribution in [0.1, 0.15) is 15.9 Å². The van der Waals surface area contributed by atoms with E-state index in [0.29, 0.717) is 5.56 Å². The molecule has 0 spiro atoms. The van der Waals surface area contributed by atoms with Gasteiger partial charge in [0, 0.05) is 11.6 Å². The first-order valence-electron chi connectivity index (χ1n) is 4.14. The number of carbonyl (C=O) groups excluding carboxylic acids is 1. The lowest BCUT2D eigenvalue weighted by Crippen LogP contribution is -2.07. The zero-order chi connectivity index (χ0) is 11.4. The van der Waals surface area contributed by atoms with Gasteiger partial charge in [-0.1, -0.05) is 0 Å². The molecule has 0 aliphatic rings. The van der Waals surface area contributed by atoms with Gasteiger partial charge in [0.1, 0.15) is 11.6 Å². The molecule has 0 radical (unpaired) electrons. The topological polar surface area (TPSA) is 35.5 Å². The second kappa shape index (κ2) is 4.98. The third-order valence-corrected chi connectivity index (χ3v) is 2.20. The van der Waals surface area contributed by atoms with Crippen molar-refractivity contribution in [3.63, 3.8) is 0 Å². The van der Waals surface area contributed by atoms with Crippen molar-refractivity contribution in [2.45, 2.75) is 5.88 Å². The molecule has 5 heteroatoms. The van der Waals surface area contributed by atoms with Crippen LogP contribution in [0.3, 0.4) is 0 Å². The minimum Gasteiger partial charge on any atom is -0.496 e. The van der Waals surface area contributed by atoms with Crippen molar-refractivity contribution >= 4 is 17.6 Å². The molecule has 0 aromatic heterocycles. The standard InChI is InChI=1S/C10H10ClFO3/c1-14-9-4-6(12)3-7(8(9)5-11)10(13)15-2/h3-4H,5H2,1-2H3. The van der Waals surface area contributed by atoms with E-state index in [0.717, 1.165) is 6.07 Å². The van der Waals surface area contributed by atoms with Crippen LogP contribution in [-0.2, 0) is 10.6 Å². The summed E-state index contributed by atoms with van der Waals surface area (Å²) < 4.78 is 22.5. The SMILES string of the molecule is COC(=O)c1cc(F)cc(OC)c1CCl. The van der Waals surface area contributed by atoms with Crippen LogP contribution in [0.25, 0.3) is 0 Å². The van der Waals surface area contributed by atoms with E-state index in [1.807, 2.05) is 0 Å². The number of halogens is 2. The van der Waals surface area contributed by atoms with Crippen LogP contribution < -0.4 is 4.74 Å². The van der Waals surface area contributed by atoms with E-state index in [1.165, 1.54) is 20.3 Å². The second-order valence-corrected chi connectivity index (χ2v) is 3.03. The number of methoxy groups -OCH3 is 2. The fourth-order valence-electron chi connectivity index (χ4n) is 1.22. The summed E-state index contributed by atoms with van der Waals surface area (Å²) in [4.78, 5) is 11.3. The summed E-state index contributed by atoms with van der Waals surface area (Å²) in [7, 11) is 2.60. The molecule has 0 heterocycles. The van der Waals surface area contributed by atoms with Crippen LogP contribution in [0.2, 0.25) is 0 Å². The molecule has 0 saturated heterocycles. The highest BCUT2D eigenvalue weighted by Crippen LogP contribution is 2.26. The van der Waals surface area contributed by atoms with Crippen molar-refractivity contribution in [2.24, 2.45) is 0 Å². The Morgan fingerprint density at radius 2 is 2.13 bits per heavy atom. The normalized spacial score (nSPS) is 9.87. The molecule has 0 aliphatic heterocycles. The number of ether oxygens (including phenoxy) is 2. The number of alkyl halides is 1. The van der Waals surface area contributed by atoms with E-state index in [1.54, 1.807) is 0 Å². The van der Waals surface area contributed by atoms with Crippen LogP contribution in [0.5, 0.6) is 5.75 Å². The number of rotatable bonds is 3. The van der Waals surface area contributed by atoms with Crippen LogP contribution in [0, 0.1) is 5.82 Å². The van der Waals surface area contributed by atoms with Gasteiger partial charge in [0.15, 0.2) is 0 Å². The zero-order valence-corrected chi connectivity index (χ0v) is 9.10. The van der Waals surface area contributed by atoms with Crippen molar-refractivity contribution in [1.29, 1.82) is 0 Å². The Hall–Kier alpha value is -1.29. The maximum atomic E-state index is 13.1. The van der Waals surface area contributed by atoms with Crippen LogP contribution in [0.4, 0.5) is 4.39 Å². The fraction of sp³-hybridized carbons (Fsp3) is 0.300. The first-order valence-corrected chi connectivity index (χ1v) is 4.68. The number of hydrogen-bond donors (Lipinski definition) is 0. The fourth-order valence-corrected chi connectivity index (χ4v) is 1.50. The Morgan fingerprint density at radius 1 is 1.47 bits per heavy atom. The molecular formula is C10H10ClFO3. The van der Waals surface area contributed by atoms with E-state index in [4.69, 9.17) is 16.3 Å². The minimum absolute atomic E-state index is 0.0495. The molecule has 15 heavy (non-hydrogen) atoms. The van der Waals surface area contributed by atoms with Gasteiger partial charge >= 0.3 is 5.97 Å².